The molecule has 2 aromatic carbocycles. The molecule has 0 aliphatic rings. The Labute approximate surface area is 127 Å². The zero-order valence-electron chi connectivity index (χ0n) is 10.9. The number of rotatable bonds is 4. The fourth-order valence-corrected chi connectivity index (χ4v) is 2.09. The van der Waals surface area contributed by atoms with Crippen LogP contribution in [0.2, 0.25) is 10.0 Å². The summed E-state index contributed by atoms with van der Waals surface area (Å²) in [6.07, 6.45) is 0. The van der Waals surface area contributed by atoms with Gasteiger partial charge in [0, 0.05) is 17.2 Å². The fourth-order valence-electron chi connectivity index (χ4n) is 1.64. The van der Waals surface area contributed by atoms with Crippen LogP contribution in [-0.2, 0) is 0 Å². The first-order valence-corrected chi connectivity index (χ1v) is 6.45. The molecular formula is C14H13Cl2NO3. The average molecular weight is 314 g/mol. The number of hydrogen-bond acceptors (Lipinski definition) is 4. The van der Waals surface area contributed by atoms with Crippen LogP contribution in [-0.4, -0.2) is 14.2 Å². The van der Waals surface area contributed by atoms with Crippen LogP contribution in [0, 0.1) is 0 Å². The smallest absolute Gasteiger partial charge is 0.164 e. The van der Waals surface area contributed by atoms with Gasteiger partial charge in [0.05, 0.1) is 24.9 Å². The standard InChI is InChI=1S/C14H13Cl2NO3/c1-18-13-6-10(17)12(7-14(13)19-2)20-11-4-3-8(15)5-9(11)16/h3-7H,17H2,1-2H3. The molecule has 0 heterocycles. The topological polar surface area (TPSA) is 53.7 Å². The summed E-state index contributed by atoms with van der Waals surface area (Å²) in [6, 6.07) is 8.20. The van der Waals surface area contributed by atoms with Gasteiger partial charge in [0.1, 0.15) is 5.75 Å². The zero-order valence-corrected chi connectivity index (χ0v) is 12.5. The third-order valence-corrected chi connectivity index (χ3v) is 3.16. The molecule has 106 valence electrons. The van der Waals surface area contributed by atoms with Crippen molar-refractivity contribution in [3.63, 3.8) is 0 Å². The van der Waals surface area contributed by atoms with Crippen molar-refractivity contribution >= 4 is 28.9 Å². The van der Waals surface area contributed by atoms with E-state index in [4.69, 9.17) is 43.1 Å². The molecule has 0 radical (unpaired) electrons. The SMILES string of the molecule is COc1cc(N)c(Oc2ccc(Cl)cc2Cl)cc1OC. The van der Waals surface area contributed by atoms with E-state index in [1.165, 1.54) is 14.2 Å². The van der Waals surface area contributed by atoms with Crippen molar-refractivity contribution in [3.05, 3.63) is 40.4 Å². The summed E-state index contributed by atoms with van der Waals surface area (Å²) < 4.78 is 16.0. The highest BCUT2D eigenvalue weighted by atomic mass is 35.5. The van der Waals surface area contributed by atoms with Gasteiger partial charge in [-0.25, -0.2) is 0 Å². The van der Waals surface area contributed by atoms with E-state index < -0.39 is 0 Å². The Bertz CT molecular complexity index is 632. The summed E-state index contributed by atoms with van der Waals surface area (Å²) in [5.74, 6) is 1.92. The Morgan fingerprint density at radius 3 is 2.10 bits per heavy atom. The van der Waals surface area contributed by atoms with Crippen LogP contribution < -0.4 is 19.9 Å². The summed E-state index contributed by atoms with van der Waals surface area (Å²) in [6.45, 7) is 0. The van der Waals surface area contributed by atoms with Crippen molar-refractivity contribution in [1.82, 2.24) is 0 Å². The van der Waals surface area contributed by atoms with E-state index in [9.17, 15) is 0 Å². The summed E-state index contributed by atoms with van der Waals surface area (Å²) in [5, 5.41) is 0.925. The quantitative estimate of drug-likeness (QED) is 0.851. The van der Waals surface area contributed by atoms with E-state index in [2.05, 4.69) is 0 Å². The van der Waals surface area contributed by atoms with Crippen molar-refractivity contribution < 1.29 is 14.2 Å². The lowest BCUT2D eigenvalue weighted by Gasteiger charge is -2.14. The Hall–Kier alpha value is -1.78. The molecule has 0 bridgehead atoms. The van der Waals surface area contributed by atoms with Crippen LogP contribution in [0.25, 0.3) is 0 Å². The van der Waals surface area contributed by atoms with E-state index in [0.29, 0.717) is 38.7 Å². The predicted octanol–water partition coefficient (Wildman–Crippen LogP) is 4.39. The maximum atomic E-state index is 6.06. The van der Waals surface area contributed by atoms with E-state index in [1.807, 2.05) is 0 Å². The number of nitrogen functional groups attached to an aromatic ring is 1. The van der Waals surface area contributed by atoms with E-state index >= 15 is 0 Å². The zero-order chi connectivity index (χ0) is 14.7. The number of benzene rings is 2. The molecule has 0 unspecified atom stereocenters. The first kappa shape index (κ1) is 14.6. The largest absolute Gasteiger partial charge is 0.493 e. The van der Waals surface area contributed by atoms with Gasteiger partial charge in [-0.1, -0.05) is 23.2 Å². The summed E-state index contributed by atoms with van der Waals surface area (Å²) in [7, 11) is 3.07. The van der Waals surface area contributed by atoms with Gasteiger partial charge in [-0.05, 0) is 18.2 Å². The summed E-state index contributed by atoms with van der Waals surface area (Å²) in [4.78, 5) is 0. The van der Waals surface area contributed by atoms with Crippen molar-refractivity contribution in [3.8, 4) is 23.0 Å². The van der Waals surface area contributed by atoms with Crippen LogP contribution in [0.4, 0.5) is 5.69 Å². The van der Waals surface area contributed by atoms with Gasteiger partial charge in [-0.2, -0.15) is 0 Å². The molecule has 2 N–H and O–H groups in total. The fraction of sp³-hybridized carbons (Fsp3) is 0.143. The minimum Gasteiger partial charge on any atom is -0.493 e. The highest BCUT2D eigenvalue weighted by molar-refractivity contribution is 6.35. The maximum Gasteiger partial charge on any atom is 0.164 e. The van der Waals surface area contributed by atoms with Crippen LogP contribution in [0.15, 0.2) is 30.3 Å². The van der Waals surface area contributed by atoms with Gasteiger partial charge < -0.3 is 19.9 Å². The Morgan fingerprint density at radius 1 is 0.850 bits per heavy atom. The minimum atomic E-state index is 0.395. The van der Waals surface area contributed by atoms with Crippen molar-refractivity contribution in [2.75, 3.05) is 20.0 Å². The van der Waals surface area contributed by atoms with Gasteiger partial charge in [0.25, 0.3) is 0 Å². The summed E-state index contributed by atoms with van der Waals surface area (Å²) in [5.41, 5.74) is 6.33. The molecule has 0 atom stereocenters. The Kier molecular flexibility index (Phi) is 4.47. The molecule has 2 aromatic rings. The molecule has 0 spiro atoms. The number of ether oxygens (including phenoxy) is 3. The second-order valence-electron chi connectivity index (χ2n) is 3.92. The number of halogens is 2. The first-order chi connectivity index (χ1) is 9.55. The van der Waals surface area contributed by atoms with Crippen LogP contribution in [0.3, 0.4) is 0 Å². The van der Waals surface area contributed by atoms with Crippen molar-refractivity contribution in [2.24, 2.45) is 0 Å². The third-order valence-electron chi connectivity index (χ3n) is 2.63. The monoisotopic (exact) mass is 313 g/mol. The lowest BCUT2D eigenvalue weighted by molar-refractivity contribution is 0.352. The van der Waals surface area contributed by atoms with Gasteiger partial charge in [0.2, 0.25) is 0 Å². The van der Waals surface area contributed by atoms with Crippen LogP contribution in [0.1, 0.15) is 0 Å². The molecule has 6 heteroatoms. The predicted molar refractivity (Wildman–Crippen MR) is 80.5 cm³/mol. The second-order valence-corrected chi connectivity index (χ2v) is 4.77. The molecule has 4 nitrogen and oxygen atoms in total. The number of methoxy groups -OCH3 is 2. The number of hydrogen-bond donors (Lipinski definition) is 1. The Morgan fingerprint density at radius 2 is 1.50 bits per heavy atom. The highest BCUT2D eigenvalue weighted by Gasteiger charge is 2.12. The number of nitrogens with two attached hydrogens (primary N) is 1. The lowest BCUT2D eigenvalue weighted by Crippen LogP contribution is -1.97. The van der Waals surface area contributed by atoms with Crippen LogP contribution >= 0.6 is 23.2 Å². The van der Waals surface area contributed by atoms with Gasteiger partial charge in [0.15, 0.2) is 17.2 Å². The molecule has 0 saturated heterocycles. The lowest BCUT2D eigenvalue weighted by atomic mass is 10.2. The van der Waals surface area contributed by atoms with Crippen LogP contribution in [0.5, 0.6) is 23.0 Å². The molecule has 0 fully saturated rings. The van der Waals surface area contributed by atoms with Gasteiger partial charge >= 0.3 is 0 Å². The summed E-state index contributed by atoms with van der Waals surface area (Å²) >= 11 is 11.9. The molecular weight excluding hydrogens is 301 g/mol. The third kappa shape index (κ3) is 3.03. The molecule has 2 rings (SSSR count). The highest BCUT2D eigenvalue weighted by Crippen LogP contribution is 2.40. The maximum absolute atomic E-state index is 6.06. The van der Waals surface area contributed by atoms with Gasteiger partial charge in [-0.3, -0.25) is 0 Å². The first-order valence-electron chi connectivity index (χ1n) is 5.69. The van der Waals surface area contributed by atoms with E-state index in [1.54, 1.807) is 30.3 Å². The second kappa shape index (κ2) is 6.11. The normalized spacial score (nSPS) is 10.2. The van der Waals surface area contributed by atoms with E-state index in [0.717, 1.165) is 0 Å². The van der Waals surface area contributed by atoms with Crippen molar-refractivity contribution in [2.45, 2.75) is 0 Å². The molecule has 0 aromatic heterocycles. The molecule has 0 aliphatic heterocycles. The molecule has 0 aliphatic carbocycles. The average Bonchev–Trinajstić information content (AvgIpc) is 2.43. The molecule has 0 saturated carbocycles. The minimum absolute atomic E-state index is 0.395. The molecule has 20 heavy (non-hydrogen) atoms. The Balaban J connectivity index is 2.38. The van der Waals surface area contributed by atoms with Gasteiger partial charge in [-0.15, -0.1) is 0 Å². The van der Waals surface area contributed by atoms with E-state index in [-0.39, 0.29) is 0 Å². The molecule has 0 amide bonds. The number of anilines is 1. The van der Waals surface area contributed by atoms with Crippen molar-refractivity contribution in [1.29, 1.82) is 0 Å².